The molecule has 1 aromatic rings. The summed E-state index contributed by atoms with van der Waals surface area (Å²) in [6, 6.07) is 0. The molecule has 8 heteroatoms. The number of morpholine rings is 1. The monoisotopic (exact) mass is 296 g/mol. The minimum Gasteiger partial charge on any atom is -0.391 e. The molecule has 4 N–H and O–H groups in total. The standard InChI is InChI=1S/C13H24N6O2/c1-9(2)7-10(20)8-15-12-16-11(14)17-13(18-12)19-3-5-21-6-4-19/h9-10,20H,3-8H2,1-2H3,(H3,14,15,16,17,18). The van der Waals surface area contributed by atoms with Crippen molar-refractivity contribution in [3.63, 3.8) is 0 Å². The van der Waals surface area contributed by atoms with Gasteiger partial charge in [-0.2, -0.15) is 15.0 Å². The fourth-order valence-electron chi connectivity index (χ4n) is 2.20. The van der Waals surface area contributed by atoms with Crippen LogP contribution in [0.2, 0.25) is 0 Å². The van der Waals surface area contributed by atoms with Gasteiger partial charge in [0.1, 0.15) is 0 Å². The molecule has 0 radical (unpaired) electrons. The summed E-state index contributed by atoms with van der Waals surface area (Å²) in [5.74, 6) is 1.56. The largest absolute Gasteiger partial charge is 0.391 e. The Bertz CT molecular complexity index is 450. The Balaban J connectivity index is 1.97. The Labute approximate surface area is 124 Å². The first-order valence-corrected chi connectivity index (χ1v) is 7.30. The Hall–Kier alpha value is -1.67. The van der Waals surface area contributed by atoms with Gasteiger partial charge in [-0.05, 0) is 12.3 Å². The van der Waals surface area contributed by atoms with Crippen molar-refractivity contribution in [2.75, 3.05) is 48.8 Å². The molecule has 118 valence electrons. The highest BCUT2D eigenvalue weighted by atomic mass is 16.5. The summed E-state index contributed by atoms with van der Waals surface area (Å²) in [5, 5.41) is 12.9. The number of nitrogens with zero attached hydrogens (tertiary/aromatic N) is 4. The lowest BCUT2D eigenvalue weighted by atomic mass is 10.1. The van der Waals surface area contributed by atoms with Gasteiger partial charge in [0.25, 0.3) is 0 Å². The second-order valence-electron chi connectivity index (χ2n) is 5.58. The number of aliphatic hydroxyl groups excluding tert-OH is 1. The number of nitrogens with two attached hydrogens (primary N) is 1. The molecule has 1 fully saturated rings. The molecule has 1 aliphatic rings. The normalized spacial score (nSPS) is 17.0. The van der Waals surface area contributed by atoms with Crippen molar-refractivity contribution in [2.24, 2.45) is 5.92 Å². The summed E-state index contributed by atoms with van der Waals surface area (Å²) < 4.78 is 5.30. The molecule has 0 spiro atoms. The van der Waals surface area contributed by atoms with E-state index in [2.05, 4.69) is 34.1 Å². The van der Waals surface area contributed by atoms with Crippen LogP contribution in [0.25, 0.3) is 0 Å². The van der Waals surface area contributed by atoms with Crippen molar-refractivity contribution in [3.05, 3.63) is 0 Å². The van der Waals surface area contributed by atoms with E-state index in [1.54, 1.807) is 0 Å². The summed E-state index contributed by atoms with van der Waals surface area (Å²) in [5.41, 5.74) is 5.73. The van der Waals surface area contributed by atoms with Crippen LogP contribution in [0.3, 0.4) is 0 Å². The molecule has 1 atom stereocenters. The second kappa shape index (κ2) is 7.37. The van der Waals surface area contributed by atoms with Gasteiger partial charge in [0.2, 0.25) is 17.8 Å². The van der Waals surface area contributed by atoms with Crippen LogP contribution in [0.1, 0.15) is 20.3 Å². The predicted molar refractivity (Wildman–Crippen MR) is 81.2 cm³/mol. The molecule has 0 aliphatic carbocycles. The van der Waals surface area contributed by atoms with Crippen LogP contribution >= 0.6 is 0 Å². The van der Waals surface area contributed by atoms with Crippen LogP contribution in [0.15, 0.2) is 0 Å². The van der Waals surface area contributed by atoms with E-state index >= 15 is 0 Å². The fourth-order valence-corrected chi connectivity index (χ4v) is 2.20. The summed E-state index contributed by atoms with van der Waals surface area (Å²) in [7, 11) is 0. The minimum atomic E-state index is -0.435. The molecule has 8 nitrogen and oxygen atoms in total. The number of hydrogen-bond donors (Lipinski definition) is 3. The topological polar surface area (TPSA) is 109 Å². The van der Waals surface area contributed by atoms with Crippen molar-refractivity contribution in [2.45, 2.75) is 26.4 Å². The van der Waals surface area contributed by atoms with Crippen molar-refractivity contribution in [1.29, 1.82) is 0 Å². The van der Waals surface area contributed by atoms with Gasteiger partial charge in [-0.15, -0.1) is 0 Å². The van der Waals surface area contributed by atoms with Crippen LogP contribution in [0, 0.1) is 5.92 Å². The predicted octanol–water partition coefficient (Wildman–Crippen LogP) is 0.109. The fraction of sp³-hybridized carbons (Fsp3) is 0.769. The first-order valence-electron chi connectivity index (χ1n) is 7.30. The van der Waals surface area contributed by atoms with E-state index in [-0.39, 0.29) is 5.95 Å². The number of rotatable bonds is 6. The Morgan fingerprint density at radius 1 is 1.29 bits per heavy atom. The van der Waals surface area contributed by atoms with Gasteiger partial charge in [-0.25, -0.2) is 0 Å². The number of hydrogen-bond acceptors (Lipinski definition) is 8. The van der Waals surface area contributed by atoms with E-state index < -0.39 is 6.10 Å². The van der Waals surface area contributed by atoms with E-state index in [0.29, 0.717) is 37.6 Å². The SMILES string of the molecule is CC(C)CC(O)CNc1nc(N)nc(N2CCOCC2)n1. The van der Waals surface area contributed by atoms with Crippen LogP contribution in [-0.4, -0.2) is 59.0 Å². The molecule has 1 unspecified atom stereocenters. The van der Waals surface area contributed by atoms with E-state index in [0.717, 1.165) is 19.5 Å². The molecule has 0 aromatic carbocycles. The summed E-state index contributed by atoms with van der Waals surface area (Å²) >= 11 is 0. The number of nitrogen functional groups attached to an aromatic ring is 1. The maximum Gasteiger partial charge on any atom is 0.232 e. The van der Waals surface area contributed by atoms with Gasteiger partial charge in [0, 0.05) is 19.6 Å². The highest BCUT2D eigenvalue weighted by Crippen LogP contribution is 2.14. The van der Waals surface area contributed by atoms with Crippen molar-refractivity contribution < 1.29 is 9.84 Å². The van der Waals surface area contributed by atoms with Crippen molar-refractivity contribution in [1.82, 2.24) is 15.0 Å². The summed E-state index contributed by atoms with van der Waals surface area (Å²) in [6.07, 6.45) is 0.291. The third-order valence-electron chi connectivity index (χ3n) is 3.17. The molecule has 2 rings (SSSR count). The zero-order valence-corrected chi connectivity index (χ0v) is 12.6. The van der Waals surface area contributed by atoms with Crippen LogP contribution in [0.5, 0.6) is 0 Å². The highest BCUT2D eigenvalue weighted by molar-refractivity contribution is 5.42. The smallest absolute Gasteiger partial charge is 0.232 e. The van der Waals surface area contributed by atoms with E-state index in [9.17, 15) is 5.11 Å². The average molecular weight is 296 g/mol. The maximum absolute atomic E-state index is 9.88. The molecule has 0 bridgehead atoms. The highest BCUT2D eigenvalue weighted by Gasteiger charge is 2.16. The number of ether oxygens (including phenoxy) is 1. The quantitative estimate of drug-likeness (QED) is 0.678. The molecule has 1 aromatic heterocycles. The molecule has 1 saturated heterocycles. The van der Waals surface area contributed by atoms with Gasteiger partial charge in [-0.1, -0.05) is 13.8 Å². The molecule has 0 amide bonds. The lowest BCUT2D eigenvalue weighted by molar-refractivity contribution is 0.122. The van der Waals surface area contributed by atoms with Gasteiger partial charge in [-0.3, -0.25) is 0 Å². The third kappa shape index (κ3) is 4.98. The first-order chi connectivity index (χ1) is 10.0. The van der Waals surface area contributed by atoms with E-state index in [1.807, 2.05) is 4.90 Å². The van der Waals surface area contributed by atoms with Gasteiger partial charge in [0.15, 0.2) is 0 Å². The molecule has 21 heavy (non-hydrogen) atoms. The van der Waals surface area contributed by atoms with Crippen molar-refractivity contribution in [3.8, 4) is 0 Å². The molecule has 0 saturated carbocycles. The third-order valence-corrected chi connectivity index (χ3v) is 3.17. The lowest BCUT2D eigenvalue weighted by Gasteiger charge is -2.26. The average Bonchev–Trinajstić information content (AvgIpc) is 2.45. The first kappa shape index (κ1) is 15.7. The number of aliphatic hydroxyl groups is 1. The molecular formula is C13H24N6O2. The lowest BCUT2D eigenvalue weighted by Crippen LogP contribution is -2.37. The van der Waals surface area contributed by atoms with Gasteiger partial charge < -0.3 is 25.8 Å². The molecule has 1 aliphatic heterocycles. The molecule has 2 heterocycles. The van der Waals surface area contributed by atoms with Crippen LogP contribution in [-0.2, 0) is 4.74 Å². The summed E-state index contributed by atoms with van der Waals surface area (Å²) in [4.78, 5) is 14.6. The molecular weight excluding hydrogens is 272 g/mol. The van der Waals surface area contributed by atoms with Gasteiger partial charge in [0.05, 0.1) is 19.3 Å². The van der Waals surface area contributed by atoms with E-state index in [4.69, 9.17) is 10.5 Å². The number of nitrogens with one attached hydrogen (secondary N) is 1. The summed E-state index contributed by atoms with van der Waals surface area (Å²) in [6.45, 7) is 7.31. The Kier molecular flexibility index (Phi) is 5.51. The maximum atomic E-state index is 9.88. The zero-order valence-electron chi connectivity index (χ0n) is 12.6. The van der Waals surface area contributed by atoms with Crippen LogP contribution < -0.4 is 16.0 Å². The Morgan fingerprint density at radius 3 is 2.67 bits per heavy atom. The number of anilines is 3. The number of aromatic nitrogens is 3. The van der Waals surface area contributed by atoms with Crippen molar-refractivity contribution >= 4 is 17.8 Å². The minimum absolute atomic E-state index is 0.173. The van der Waals surface area contributed by atoms with Gasteiger partial charge >= 0.3 is 0 Å². The Morgan fingerprint density at radius 2 is 2.00 bits per heavy atom. The zero-order chi connectivity index (χ0) is 15.2. The van der Waals surface area contributed by atoms with E-state index in [1.165, 1.54) is 0 Å². The second-order valence-corrected chi connectivity index (χ2v) is 5.58. The van der Waals surface area contributed by atoms with Crippen LogP contribution in [0.4, 0.5) is 17.8 Å².